The Hall–Kier alpha value is -2.30. The van der Waals surface area contributed by atoms with E-state index in [1.54, 1.807) is 18.1 Å². The molecule has 1 aromatic carbocycles. The van der Waals surface area contributed by atoms with E-state index in [0.29, 0.717) is 38.1 Å². The summed E-state index contributed by atoms with van der Waals surface area (Å²) < 4.78 is 15.9. The number of esters is 2. The maximum absolute atomic E-state index is 13.4. The van der Waals surface area contributed by atoms with Gasteiger partial charge in [0, 0.05) is 17.6 Å². The van der Waals surface area contributed by atoms with Gasteiger partial charge in [0.25, 0.3) is 0 Å². The van der Waals surface area contributed by atoms with E-state index in [2.05, 4.69) is 0 Å². The molecule has 2 heterocycles. The Morgan fingerprint density at radius 3 is 2.06 bits per heavy atom. The molecule has 1 amide bonds. The van der Waals surface area contributed by atoms with Crippen LogP contribution in [0.2, 0.25) is 0 Å². The summed E-state index contributed by atoms with van der Waals surface area (Å²) in [7, 11) is 4.08. The fourth-order valence-corrected chi connectivity index (χ4v) is 6.85. The summed E-state index contributed by atoms with van der Waals surface area (Å²) in [5, 5.41) is 0. The van der Waals surface area contributed by atoms with Crippen molar-refractivity contribution in [2.75, 3.05) is 26.2 Å². The Kier molecular flexibility index (Phi) is 7.84. The largest absolute Gasteiger partial charge is 0.497 e. The van der Waals surface area contributed by atoms with E-state index in [9.17, 15) is 14.4 Å². The Balaban J connectivity index is 2.25. The number of amides is 1. The average Bonchev–Trinajstić information content (AvgIpc) is 3.22. The van der Waals surface area contributed by atoms with Gasteiger partial charge in [-0.1, -0.05) is 49.6 Å². The minimum Gasteiger partial charge on any atom is -0.497 e. The lowest BCUT2D eigenvalue weighted by molar-refractivity contribution is -0.138. The minimum absolute atomic E-state index is 0.0341. The number of thiocarbonyl (C=S) groups is 1. The van der Waals surface area contributed by atoms with Crippen LogP contribution in [-0.4, -0.2) is 49.6 Å². The van der Waals surface area contributed by atoms with Crippen molar-refractivity contribution in [1.29, 1.82) is 0 Å². The number of fused-ring (bicyclic) bond motifs is 1. The molecule has 0 atom stereocenters. The van der Waals surface area contributed by atoms with Gasteiger partial charge in [-0.15, -0.1) is 0 Å². The first-order chi connectivity index (χ1) is 16.0. The number of ether oxygens (including phenoxy) is 3. The van der Waals surface area contributed by atoms with Crippen LogP contribution in [0.1, 0.15) is 39.7 Å². The summed E-state index contributed by atoms with van der Waals surface area (Å²) in [6.07, 6.45) is 0.369. The first-order valence-electron chi connectivity index (χ1n) is 10.5. The maximum atomic E-state index is 13.4. The second-order valence-electron chi connectivity index (χ2n) is 8.61. The highest BCUT2D eigenvalue weighted by atomic mass is 32.2. The number of carbonyl (C=O) groups is 3. The standard InChI is InChI=1S/C24H27NO6S3/c1-12(2)10-16(26)25-15-9-8-13(29-5)11-14(15)17(20(32)24(25,3)4)23-33-18(21(27)30-6)19(34-23)22(28)31-7/h8-9,11-12H,10H2,1-7H3. The van der Waals surface area contributed by atoms with E-state index in [1.165, 1.54) is 14.2 Å². The quantitative estimate of drug-likeness (QED) is 0.304. The number of thioether (sulfide) groups is 2. The van der Waals surface area contributed by atoms with Gasteiger partial charge in [-0.3, -0.25) is 4.79 Å². The van der Waals surface area contributed by atoms with E-state index < -0.39 is 17.5 Å². The highest BCUT2D eigenvalue weighted by Crippen LogP contribution is 2.56. The second kappa shape index (κ2) is 10.1. The Morgan fingerprint density at radius 1 is 1.03 bits per heavy atom. The number of hydrogen-bond donors (Lipinski definition) is 0. The zero-order valence-corrected chi connectivity index (χ0v) is 22.6. The Bertz CT molecular complexity index is 1110. The molecule has 0 fully saturated rings. The third kappa shape index (κ3) is 4.63. The topological polar surface area (TPSA) is 82.1 Å². The SMILES string of the molecule is COC(=O)C1=C(C(=O)OC)SC(=C2C(=S)C(C)(C)N(C(=O)CC(C)C)c3ccc(OC)cc32)S1. The molecule has 3 rings (SSSR count). The summed E-state index contributed by atoms with van der Waals surface area (Å²) in [5.74, 6) is -0.525. The van der Waals surface area contributed by atoms with Crippen LogP contribution in [0.3, 0.4) is 0 Å². The molecular weight excluding hydrogens is 494 g/mol. The molecule has 0 radical (unpaired) electrons. The van der Waals surface area contributed by atoms with Crippen molar-refractivity contribution < 1.29 is 28.6 Å². The summed E-state index contributed by atoms with van der Waals surface area (Å²) in [6, 6.07) is 5.47. The van der Waals surface area contributed by atoms with Gasteiger partial charge in [-0.05, 0) is 38.0 Å². The predicted octanol–water partition coefficient (Wildman–Crippen LogP) is 4.94. The third-order valence-electron chi connectivity index (χ3n) is 5.43. The lowest BCUT2D eigenvalue weighted by Gasteiger charge is -2.45. The number of nitrogens with zero attached hydrogens (tertiary/aromatic N) is 1. The molecule has 0 saturated heterocycles. The van der Waals surface area contributed by atoms with Gasteiger partial charge in [-0.25, -0.2) is 9.59 Å². The molecule has 34 heavy (non-hydrogen) atoms. The van der Waals surface area contributed by atoms with Gasteiger partial charge < -0.3 is 19.1 Å². The number of hydrogen-bond acceptors (Lipinski definition) is 9. The minimum atomic E-state index is -0.828. The zero-order valence-electron chi connectivity index (χ0n) is 20.1. The molecular formula is C24H27NO6S3. The molecule has 0 unspecified atom stereocenters. The van der Waals surface area contributed by atoms with Crippen LogP contribution in [0.4, 0.5) is 5.69 Å². The van der Waals surface area contributed by atoms with Crippen molar-refractivity contribution in [3.63, 3.8) is 0 Å². The molecule has 0 saturated carbocycles. The summed E-state index contributed by atoms with van der Waals surface area (Å²) in [4.78, 5) is 40.8. The number of carbonyl (C=O) groups excluding carboxylic acids is 3. The maximum Gasteiger partial charge on any atom is 0.346 e. The van der Waals surface area contributed by atoms with Crippen LogP contribution in [0, 0.1) is 5.92 Å². The van der Waals surface area contributed by atoms with Crippen molar-refractivity contribution >= 4 is 69.7 Å². The number of anilines is 1. The van der Waals surface area contributed by atoms with Gasteiger partial charge in [-0.2, -0.15) is 0 Å². The van der Waals surface area contributed by atoms with Crippen molar-refractivity contribution in [3.8, 4) is 5.75 Å². The number of methoxy groups -OCH3 is 3. The molecule has 7 nitrogen and oxygen atoms in total. The zero-order chi connectivity index (χ0) is 25.4. The average molecular weight is 522 g/mol. The van der Waals surface area contributed by atoms with Crippen LogP contribution in [-0.2, 0) is 23.9 Å². The molecule has 0 N–H and O–H groups in total. The molecule has 1 aromatic rings. The summed E-state index contributed by atoms with van der Waals surface area (Å²) >= 11 is 8.20. The molecule has 10 heteroatoms. The van der Waals surface area contributed by atoms with Crippen molar-refractivity contribution in [1.82, 2.24) is 0 Å². The van der Waals surface area contributed by atoms with Gasteiger partial charge in [0.1, 0.15) is 15.6 Å². The monoisotopic (exact) mass is 521 g/mol. The van der Waals surface area contributed by atoms with E-state index in [0.717, 1.165) is 23.5 Å². The summed E-state index contributed by atoms with van der Waals surface area (Å²) in [6.45, 7) is 7.80. The highest BCUT2D eigenvalue weighted by molar-refractivity contribution is 8.29. The van der Waals surface area contributed by atoms with E-state index in [1.807, 2.05) is 39.8 Å². The van der Waals surface area contributed by atoms with Crippen LogP contribution in [0.5, 0.6) is 5.75 Å². The normalized spacial score (nSPS) is 17.2. The van der Waals surface area contributed by atoms with Crippen LogP contribution >= 0.6 is 35.7 Å². The van der Waals surface area contributed by atoms with E-state index in [4.69, 9.17) is 26.4 Å². The predicted molar refractivity (Wildman–Crippen MR) is 140 cm³/mol. The van der Waals surface area contributed by atoms with Crippen molar-refractivity contribution in [2.24, 2.45) is 5.92 Å². The molecule has 0 aromatic heterocycles. The lowest BCUT2D eigenvalue weighted by atomic mass is 9.82. The first kappa shape index (κ1) is 26.3. The fourth-order valence-electron chi connectivity index (χ4n) is 3.81. The Morgan fingerprint density at radius 2 is 1.59 bits per heavy atom. The van der Waals surface area contributed by atoms with Crippen LogP contribution in [0.25, 0.3) is 5.57 Å². The molecule has 182 valence electrons. The second-order valence-corrected chi connectivity index (χ2v) is 11.3. The smallest absolute Gasteiger partial charge is 0.346 e. The fraction of sp³-hybridized carbons (Fsp3) is 0.417. The number of rotatable bonds is 5. The molecule has 0 bridgehead atoms. The lowest BCUT2D eigenvalue weighted by Crippen LogP contribution is -2.56. The van der Waals surface area contributed by atoms with Crippen molar-refractivity contribution in [2.45, 2.75) is 39.7 Å². The third-order valence-corrected chi connectivity index (χ3v) is 8.69. The summed E-state index contributed by atoms with van der Waals surface area (Å²) in [5.41, 5.74) is 1.25. The van der Waals surface area contributed by atoms with Crippen LogP contribution in [0.15, 0.2) is 32.2 Å². The van der Waals surface area contributed by atoms with E-state index >= 15 is 0 Å². The highest BCUT2D eigenvalue weighted by Gasteiger charge is 2.46. The molecule has 0 spiro atoms. The van der Waals surface area contributed by atoms with Gasteiger partial charge >= 0.3 is 11.9 Å². The first-order valence-corrected chi connectivity index (χ1v) is 12.6. The molecule has 2 aliphatic rings. The van der Waals surface area contributed by atoms with Gasteiger partial charge in [0.05, 0.1) is 41.7 Å². The van der Waals surface area contributed by atoms with E-state index in [-0.39, 0.29) is 21.6 Å². The van der Waals surface area contributed by atoms with Gasteiger partial charge in [0.15, 0.2) is 0 Å². The number of benzene rings is 1. The molecule has 2 aliphatic heterocycles. The van der Waals surface area contributed by atoms with Crippen LogP contribution < -0.4 is 9.64 Å². The molecule has 0 aliphatic carbocycles. The van der Waals surface area contributed by atoms with Crippen molar-refractivity contribution in [3.05, 3.63) is 37.8 Å². The van der Waals surface area contributed by atoms with Gasteiger partial charge in [0.2, 0.25) is 5.91 Å². The Labute approximate surface area is 213 Å².